The van der Waals surface area contributed by atoms with E-state index in [0.29, 0.717) is 51.6 Å². The zero-order chi connectivity index (χ0) is 28.6. The smallest absolute Gasteiger partial charge is 0.318 e. The zero-order valence-corrected chi connectivity index (χ0v) is 23.6. The van der Waals surface area contributed by atoms with Gasteiger partial charge in [0.2, 0.25) is 5.75 Å². The Balaban J connectivity index is 1.72. The van der Waals surface area contributed by atoms with Crippen molar-refractivity contribution in [3.63, 3.8) is 0 Å². The first-order valence-corrected chi connectivity index (χ1v) is 12.5. The molecule has 0 saturated carbocycles. The number of nitrogens with zero attached hydrogens (tertiary/aromatic N) is 4. The predicted molar refractivity (Wildman–Crippen MR) is 150 cm³/mol. The molecule has 11 heteroatoms. The van der Waals surface area contributed by atoms with Crippen LogP contribution >= 0.6 is 11.6 Å². The number of ketones is 1. The number of methoxy groups -OCH3 is 4. The first-order chi connectivity index (χ1) is 19.4. The quantitative estimate of drug-likeness (QED) is 0.218. The average molecular weight is 565 g/mol. The van der Waals surface area contributed by atoms with Crippen LogP contribution < -0.4 is 28.6 Å². The fourth-order valence-electron chi connectivity index (χ4n) is 4.02. The summed E-state index contributed by atoms with van der Waals surface area (Å²) in [5.74, 6) is 1.67. The standard InChI is InChI=1S/C29H29ClN4O6/c1-34(16-18-9-10-23(36-2)22(30)12-18)28-21(15-32-29(33-28)40-17-20-8-6-7-11-31-20)26(35)19-13-24(37-3)27(39-5)25(14-19)38-4/h6-15H,16-17H2,1-5H3. The zero-order valence-electron chi connectivity index (χ0n) is 22.8. The molecule has 0 N–H and O–H groups in total. The van der Waals surface area contributed by atoms with Gasteiger partial charge in [0.15, 0.2) is 17.3 Å². The number of rotatable bonds is 12. The van der Waals surface area contributed by atoms with Crippen molar-refractivity contribution in [2.75, 3.05) is 40.4 Å². The third kappa shape index (κ3) is 6.35. The Kier molecular flexibility index (Phi) is 9.23. The molecule has 4 aromatic rings. The summed E-state index contributed by atoms with van der Waals surface area (Å²) in [5.41, 5.74) is 2.16. The minimum atomic E-state index is -0.342. The SMILES string of the molecule is COc1ccc(CN(C)c2nc(OCc3ccccn3)ncc2C(=O)c2cc(OC)c(OC)c(OC)c2)cc1Cl. The third-order valence-electron chi connectivity index (χ3n) is 5.99. The van der Waals surface area contributed by atoms with Crippen molar-refractivity contribution in [3.05, 3.63) is 88.3 Å². The number of ether oxygens (including phenoxy) is 5. The number of benzene rings is 2. The van der Waals surface area contributed by atoms with E-state index in [1.54, 1.807) is 37.6 Å². The van der Waals surface area contributed by atoms with Crippen molar-refractivity contribution in [3.8, 4) is 29.0 Å². The van der Waals surface area contributed by atoms with Gasteiger partial charge in [-0.25, -0.2) is 4.98 Å². The highest BCUT2D eigenvalue weighted by molar-refractivity contribution is 6.32. The highest BCUT2D eigenvalue weighted by atomic mass is 35.5. The molecule has 0 fully saturated rings. The van der Waals surface area contributed by atoms with Crippen LogP contribution in [0.4, 0.5) is 5.82 Å². The van der Waals surface area contributed by atoms with E-state index in [9.17, 15) is 4.79 Å². The Hall–Kier alpha value is -4.57. The van der Waals surface area contributed by atoms with Crippen molar-refractivity contribution in [1.29, 1.82) is 0 Å². The Morgan fingerprint density at radius 1 is 0.900 bits per heavy atom. The minimum Gasteiger partial charge on any atom is -0.495 e. The highest BCUT2D eigenvalue weighted by Gasteiger charge is 2.24. The maximum atomic E-state index is 13.8. The fraction of sp³-hybridized carbons (Fsp3) is 0.241. The van der Waals surface area contributed by atoms with Crippen LogP contribution in [-0.4, -0.2) is 56.2 Å². The Labute approximate surface area is 237 Å². The third-order valence-corrected chi connectivity index (χ3v) is 6.29. The molecule has 0 saturated heterocycles. The molecule has 2 aromatic carbocycles. The molecule has 0 spiro atoms. The Morgan fingerprint density at radius 3 is 2.23 bits per heavy atom. The largest absolute Gasteiger partial charge is 0.495 e. The van der Waals surface area contributed by atoms with Crippen LogP contribution in [0.1, 0.15) is 27.2 Å². The van der Waals surface area contributed by atoms with Crippen LogP contribution in [0.3, 0.4) is 0 Å². The maximum absolute atomic E-state index is 13.8. The minimum absolute atomic E-state index is 0.0988. The number of pyridine rings is 1. The maximum Gasteiger partial charge on any atom is 0.318 e. The molecule has 0 unspecified atom stereocenters. The molecule has 0 bridgehead atoms. The van der Waals surface area contributed by atoms with Gasteiger partial charge in [-0.2, -0.15) is 4.98 Å². The molecular weight excluding hydrogens is 536 g/mol. The van der Waals surface area contributed by atoms with E-state index in [1.165, 1.54) is 27.5 Å². The monoisotopic (exact) mass is 564 g/mol. The molecule has 0 aliphatic carbocycles. The molecule has 10 nitrogen and oxygen atoms in total. The van der Waals surface area contributed by atoms with Gasteiger partial charge >= 0.3 is 6.01 Å². The topological polar surface area (TPSA) is 105 Å². The van der Waals surface area contributed by atoms with E-state index in [4.69, 9.17) is 35.3 Å². The van der Waals surface area contributed by atoms with Gasteiger partial charge in [0.25, 0.3) is 0 Å². The van der Waals surface area contributed by atoms with E-state index >= 15 is 0 Å². The number of hydrogen-bond acceptors (Lipinski definition) is 10. The van der Waals surface area contributed by atoms with Crippen molar-refractivity contribution >= 4 is 23.2 Å². The Morgan fingerprint density at radius 2 is 1.62 bits per heavy atom. The fourth-order valence-corrected chi connectivity index (χ4v) is 4.30. The summed E-state index contributed by atoms with van der Waals surface area (Å²) in [4.78, 5) is 28.8. The molecule has 0 aliphatic heterocycles. The summed E-state index contributed by atoms with van der Waals surface area (Å²) < 4.78 is 27.3. The van der Waals surface area contributed by atoms with Crippen LogP contribution in [0.15, 0.2) is 60.9 Å². The predicted octanol–water partition coefficient (Wildman–Crippen LogP) is 5.01. The normalized spacial score (nSPS) is 10.6. The summed E-state index contributed by atoms with van der Waals surface area (Å²) in [5, 5.41) is 0.476. The first kappa shape index (κ1) is 28.4. The second-order valence-corrected chi connectivity index (χ2v) is 8.97. The van der Waals surface area contributed by atoms with E-state index in [1.807, 2.05) is 36.2 Å². The summed E-state index contributed by atoms with van der Waals surface area (Å²) in [7, 11) is 7.84. The van der Waals surface area contributed by atoms with Gasteiger partial charge in [0.1, 0.15) is 18.2 Å². The second-order valence-electron chi connectivity index (χ2n) is 8.57. The van der Waals surface area contributed by atoms with Crippen molar-refractivity contribution in [2.45, 2.75) is 13.2 Å². The van der Waals surface area contributed by atoms with Gasteiger partial charge in [0, 0.05) is 31.5 Å². The number of aromatic nitrogens is 3. The highest BCUT2D eigenvalue weighted by Crippen LogP contribution is 2.39. The lowest BCUT2D eigenvalue weighted by Gasteiger charge is -2.22. The van der Waals surface area contributed by atoms with Crippen LogP contribution in [-0.2, 0) is 13.2 Å². The second kappa shape index (κ2) is 13.0. The van der Waals surface area contributed by atoms with Crippen LogP contribution in [0, 0.1) is 0 Å². The Bertz CT molecular complexity index is 1460. The average Bonchev–Trinajstić information content (AvgIpc) is 2.99. The van der Waals surface area contributed by atoms with E-state index in [0.717, 1.165) is 5.56 Å². The van der Waals surface area contributed by atoms with E-state index in [-0.39, 0.29) is 24.0 Å². The molecule has 208 valence electrons. The van der Waals surface area contributed by atoms with Gasteiger partial charge in [-0.15, -0.1) is 0 Å². The van der Waals surface area contributed by atoms with Crippen molar-refractivity contribution in [2.24, 2.45) is 0 Å². The number of halogens is 1. The van der Waals surface area contributed by atoms with E-state index in [2.05, 4.69) is 15.0 Å². The number of carbonyl (C=O) groups excluding carboxylic acids is 1. The summed E-state index contributed by atoms with van der Waals surface area (Å²) in [6.07, 6.45) is 3.12. The first-order valence-electron chi connectivity index (χ1n) is 12.2. The van der Waals surface area contributed by atoms with Crippen molar-refractivity contribution < 1.29 is 28.5 Å². The summed E-state index contributed by atoms with van der Waals surface area (Å²) in [6.45, 7) is 0.550. The van der Waals surface area contributed by atoms with Crippen LogP contribution in [0.2, 0.25) is 5.02 Å². The van der Waals surface area contributed by atoms with Crippen molar-refractivity contribution in [1.82, 2.24) is 15.0 Å². The lowest BCUT2D eigenvalue weighted by molar-refractivity contribution is 0.103. The van der Waals surface area contributed by atoms with Gasteiger partial charge in [0.05, 0.1) is 44.7 Å². The number of anilines is 1. The molecule has 2 aromatic heterocycles. The molecular formula is C29H29ClN4O6. The molecule has 40 heavy (non-hydrogen) atoms. The number of carbonyl (C=O) groups is 1. The molecule has 0 aliphatic rings. The van der Waals surface area contributed by atoms with E-state index < -0.39 is 0 Å². The number of hydrogen-bond donors (Lipinski definition) is 0. The van der Waals surface area contributed by atoms with Gasteiger partial charge in [-0.05, 0) is 42.0 Å². The lowest BCUT2D eigenvalue weighted by atomic mass is 10.0. The van der Waals surface area contributed by atoms with Crippen LogP contribution in [0.5, 0.6) is 29.0 Å². The molecule has 2 heterocycles. The molecule has 4 rings (SSSR count). The van der Waals surface area contributed by atoms with Gasteiger partial charge in [-0.1, -0.05) is 23.7 Å². The van der Waals surface area contributed by atoms with Gasteiger partial charge < -0.3 is 28.6 Å². The molecule has 0 amide bonds. The molecule has 0 atom stereocenters. The van der Waals surface area contributed by atoms with Crippen LogP contribution in [0.25, 0.3) is 0 Å². The molecule has 0 radical (unpaired) electrons. The summed E-state index contributed by atoms with van der Waals surface area (Å²) >= 11 is 6.34. The summed E-state index contributed by atoms with van der Waals surface area (Å²) in [6, 6.07) is 14.3. The van der Waals surface area contributed by atoms with Gasteiger partial charge in [-0.3, -0.25) is 9.78 Å². The lowest BCUT2D eigenvalue weighted by Crippen LogP contribution is -2.22.